The zero-order chi connectivity index (χ0) is 17.6. The number of hydrogen-bond acceptors (Lipinski definition) is 5. The van der Waals surface area contributed by atoms with Crippen LogP contribution in [-0.2, 0) is 20.5 Å². The lowest BCUT2D eigenvalue weighted by molar-refractivity contribution is -0.142. The van der Waals surface area contributed by atoms with Crippen molar-refractivity contribution in [1.82, 2.24) is 5.09 Å². The van der Waals surface area contributed by atoms with Gasteiger partial charge < -0.3 is 14.4 Å². The van der Waals surface area contributed by atoms with E-state index in [1.165, 1.54) is 19.2 Å². The van der Waals surface area contributed by atoms with E-state index in [9.17, 15) is 14.5 Å². The van der Waals surface area contributed by atoms with Crippen LogP contribution in [0.15, 0.2) is 54.6 Å². The van der Waals surface area contributed by atoms with Gasteiger partial charge in [-0.3, -0.25) is 4.79 Å². The Morgan fingerprint density at radius 3 is 2.42 bits per heavy atom. The fourth-order valence-corrected chi connectivity index (χ4v) is 3.63. The zero-order valence-corrected chi connectivity index (χ0v) is 14.5. The molecular weight excluding hydrogens is 353 g/mol. The lowest BCUT2D eigenvalue weighted by atomic mass is 10.1. The van der Waals surface area contributed by atoms with E-state index in [1.54, 1.807) is 42.5 Å². The molecule has 0 saturated heterocycles. The number of methoxy groups -OCH3 is 1. The SMILES string of the molecule is COC(=O)[C@H](Cc1ccc(O)cc1)NP(=O)(Cl)Oc1ccccc1. The highest BCUT2D eigenvalue weighted by Gasteiger charge is 2.30. The summed E-state index contributed by atoms with van der Waals surface area (Å²) >= 11 is 5.93. The summed E-state index contributed by atoms with van der Waals surface area (Å²) in [6, 6.07) is 13.7. The summed E-state index contributed by atoms with van der Waals surface area (Å²) < 4.78 is 22.4. The van der Waals surface area contributed by atoms with Gasteiger partial charge in [0, 0.05) is 11.2 Å². The smallest absolute Gasteiger partial charge is 0.409 e. The van der Waals surface area contributed by atoms with Gasteiger partial charge in [0.05, 0.1) is 7.11 Å². The largest absolute Gasteiger partial charge is 0.508 e. The molecule has 0 fully saturated rings. The molecule has 0 aromatic heterocycles. The lowest BCUT2D eigenvalue weighted by Gasteiger charge is -2.20. The van der Waals surface area contributed by atoms with Crippen molar-refractivity contribution in [3.8, 4) is 11.5 Å². The van der Waals surface area contributed by atoms with Crippen molar-refractivity contribution >= 4 is 24.1 Å². The normalized spacial score (nSPS) is 14.4. The lowest BCUT2D eigenvalue weighted by Crippen LogP contribution is -2.37. The number of nitrogens with one attached hydrogen (secondary N) is 1. The molecule has 0 aliphatic carbocycles. The molecule has 2 rings (SSSR count). The van der Waals surface area contributed by atoms with Crippen LogP contribution < -0.4 is 9.61 Å². The highest BCUT2D eigenvalue weighted by Crippen LogP contribution is 2.48. The molecular formula is C16H17ClNO5P. The first-order chi connectivity index (χ1) is 11.4. The number of rotatable bonds is 7. The summed E-state index contributed by atoms with van der Waals surface area (Å²) in [5, 5.41) is 11.8. The Morgan fingerprint density at radius 1 is 1.21 bits per heavy atom. The second kappa shape index (κ2) is 8.20. The third-order valence-electron chi connectivity index (χ3n) is 3.14. The fourth-order valence-electron chi connectivity index (χ4n) is 2.02. The van der Waals surface area contributed by atoms with E-state index in [0.29, 0.717) is 5.75 Å². The first kappa shape index (κ1) is 18.3. The number of hydrogen-bond donors (Lipinski definition) is 2. The van der Waals surface area contributed by atoms with E-state index in [-0.39, 0.29) is 12.2 Å². The number of halogens is 1. The van der Waals surface area contributed by atoms with E-state index in [2.05, 4.69) is 5.09 Å². The fraction of sp³-hybridized carbons (Fsp3) is 0.188. The molecule has 1 unspecified atom stereocenters. The maximum Gasteiger partial charge on any atom is 0.409 e. The molecule has 6 nitrogen and oxygen atoms in total. The molecule has 2 aromatic carbocycles. The van der Waals surface area contributed by atoms with E-state index < -0.39 is 18.9 Å². The van der Waals surface area contributed by atoms with E-state index in [4.69, 9.17) is 20.5 Å². The Balaban J connectivity index is 2.11. The van der Waals surface area contributed by atoms with Gasteiger partial charge in [-0.1, -0.05) is 30.3 Å². The van der Waals surface area contributed by atoms with E-state index in [1.807, 2.05) is 0 Å². The van der Waals surface area contributed by atoms with Crippen LogP contribution in [0.4, 0.5) is 0 Å². The van der Waals surface area contributed by atoms with Crippen LogP contribution in [0.5, 0.6) is 11.5 Å². The third-order valence-corrected chi connectivity index (χ3v) is 4.70. The molecule has 0 spiro atoms. The van der Waals surface area contributed by atoms with Gasteiger partial charge in [-0.25, -0.2) is 9.65 Å². The summed E-state index contributed by atoms with van der Waals surface area (Å²) in [6.07, 6.45) is 0.168. The second-order valence-electron chi connectivity index (χ2n) is 4.96. The number of ether oxygens (including phenoxy) is 1. The monoisotopic (exact) mass is 369 g/mol. The minimum Gasteiger partial charge on any atom is -0.508 e. The van der Waals surface area contributed by atoms with Crippen LogP contribution in [0.2, 0.25) is 0 Å². The van der Waals surface area contributed by atoms with Gasteiger partial charge in [-0.15, -0.1) is 0 Å². The van der Waals surface area contributed by atoms with Crippen LogP contribution in [0.1, 0.15) is 5.56 Å². The minimum absolute atomic E-state index is 0.108. The molecule has 0 bridgehead atoms. The Kier molecular flexibility index (Phi) is 6.26. The Morgan fingerprint density at radius 2 is 1.83 bits per heavy atom. The number of esters is 1. The van der Waals surface area contributed by atoms with Gasteiger partial charge in [-0.05, 0) is 36.2 Å². The Hall–Kier alpha value is -2.01. The molecule has 0 saturated carbocycles. The molecule has 0 radical (unpaired) electrons. The van der Waals surface area contributed by atoms with Crippen molar-refractivity contribution < 1.29 is 23.7 Å². The van der Waals surface area contributed by atoms with Crippen molar-refractivity contribution in [3.63, 3.8) is 0 Å². The molecule has 0 amide bonds. The zero-order valence-electron chi connectivity index (χ0n) is 12.9. The molecule has 24 heavy (non-hydrogen) atoms. The van der Waals surface area contributed by atoms with Crippen LogP contribution in [-0.4, -0.2) is 24.2 Å². The predicted molar refractivity (Wildman–Crippen MR) is 91.3 cm³/mol. The van der Waals surface area contributed by atoms with Crippen LogP contribution in [0.3, 0.4) is 0 Å². The number of benzene rings is 2. The number of carbonyl (C=O) groups excluding carboxylic acids is 1. The second-order valence-corrected chi connectivity index (χ2v) is 7.69. The summed E-state index contributed by atoms with van der Waals surface area (Å²) in [5.74, 6) is -0.200. The molecule has 0 aliphatic rings. The molecule has 8 heteroatoms. The van der Waals surface area contributed by atoms with Crippen LogP contribution in [0.25, 0.3) is 0 Å². The number of phenolic OH excluding ortho intramolecular Hbond substituents is 1. The highest BCUT2D eigenvalue weighted by atomic mass is 35.7. The Labute approximate surface area is 144 Å². The van der Waals surface area contributed by atoms with Crippen molar-refractivity contribution in [2.45, 2.75) is 12.5 Å². The average Bonchev–Trinajstić information content (AvgIpc) is 2.55. The highest BCUT2D eigenvalue weighted by molar-refractivity contribution is 7.84. The van der Waals surface area contributed by atoms with Gasteiger partial charge >= 0.3 is 12.8 Å². The van der Waals surface area contributed by atoms with E-state index in [0.717, 1.165) is 5.56 Å². The Bertz CT molecular complexity index is 723. The molecule has 2 atom stereocenters. The summed E-state index contributed by atoms with van der Waals surface area (Å²) in [7, 11) is 1.23. The number of phenols is 1. The van der Waals surface area contributed by atoms with Gasteiger partial charge in [-0.2, -0.15) is 0 Å². The van der Waals surface area contributed by atoms with E-state index >= 15 is 0 Å². The predicted octanol–water partition coefficient (Wildman–Crippen LogP) is 3.49. The van der Waals surface area contributed by atoms with Gasteiger partial charge in [0.15, 0.2) is 0 Å². The van der Waals surface area contributed by atoms with Crippen molar-refractivity contribution in [2.24, 2.45) is 0 Å². The topological polar surface area (TPSA) is 84.9 Å². The molecule has 0 aliphatic heterocycles. The van der Waals surface area contributed by atoms with Gasteiger partial charge in [0.1, 0.15) is 17.5 Å². The standard InChI is InChI=1S/C16H17ClNO5P/c1-22-16(20)15(11-12-7-9-13(19)10-8-12)18-24(17,21)23-14-5-3-2-4-6-14/h2-10,15,19H,11H2,1H3,(H,18,21)/t15-,24?/m0/s1. The van der Waals surface area contributed by atoms with Crippen LogP contribution in [0, 0.1) is 0 Å². The number of carbonyl (C=O) groups is 1. The third kappa shape index (κ3) is 5.57. The first-order valence-electron chi connectivity index (χ1n) is 7.07. The molecule has 128 valence electrons. The quantitative estimate of drug-likeness (QED) is 0.574. The number of aromatic hydroxyl groups is 1. The van der Waals surface area contributed by atoms with Crippen molar-refractivity contribution in [2.75, 3.05) is 7.11 Å². The molecule has 2 aromatic rings. The van der Waals surface area contributed by atoms with Gasteiger partial charge in [0.25, 0.3) is 0 Å². The number of para-hydroxylation sites is 1. The molecule has 0 heterocycles. The summed E-state index contributed by atoms with van der Waals surface area (Å²) in [5.41, 5.74) is 0.729. The average molecular weight is 370 g/mol. The maximum absolute atomic E-state index is 12.4. The first-order valence-corrected chi connectivity index (χ1v) is 9.60. The van der Waals surface area contributed by atoms with Crippen molar-refractivity contribution in [3.05, 3.63) is 60.2 Å². The minimum atomic E-state index is -3.81. The summed E-state index contributed by atoms with van der Waals surface area (Å²) in [6.45, 7) is -3.81. The van der Waals surface area contributed by atoms with Gasteiger partial charge in [0.2, 0.25) is 0 Å². The van der Waals surface area contributed by atoms with Crippen LogP contribution >= 0.6 is 18.1 Å². The van der Waals surface area contributed by atoms with Crippen molar-refractivity contribution in [1.29, 1.82) is 0 Å². The molecule has 2 N–H and O–H groups in total. The summed E-state index contributed by atoms with van der Waals surface area (Å²) in [4.78, 5) is 11.9. The maximum atomic E-state index is 12.4.